The van der Waals surface area contributed by atoms with Crippen LogP contribution in [0.2, 0.25) is 0 Å². The fourth-order valence-corrected chi connectivity index (χ4v) is 4.04. The van der Waals surface area contributed by atoms with E-state index < -0.39 is 5.97 Å². The minimum Gasteiger partial charge on any atom is -0.480 e. The Bertz CT molecular complexity index is 274. The van der Waals surface area contributed by atoms with Gasteiger partial charge >= 0.3 is 5.97 Å². The van der Waals surface area contributed by atoms with E-state index in [2.05, 4.69) is 11.8 Å². The number of carboxylic acid groups (broad SMARTS) is 1. The predicted octanol–water partition coefficient (Wildman–Crippen LogP) is 4.41. The van der Waals surface area contributed by atoms with Crippen LogP contribution in [0.1, 0.15) is 71.1 Å². The highest BCUT2D eigenvalue weighted by atomic mass is 32.2. The molecule has 0 amide bonds. The number of carboxylic acids is 1. The van der Waals surface area contributed by atoms with Gasteiger partial charge in [-0.2, -0.15) is 11.8 Å². The number of unbranched alkanes of at least 4 members (excludes halogenated alkanes) is 9. The molecule has 0 radical (unpaired) electrons. The third kappa shape index (κ3) is 8.72. The molecular weight excluding hydrogens is 282 g/mol. The topological polar surface area (TPSA) is 40.5 Å². The molecule has 0 aromatic rings. The molecule has 1 aliphatic heterocycles. The molecule has 0 aromatic heterocycles. The van der Waals surface area contributed by atoms with Crippen molar-refractivity contribution in [2.24, 2.45) is 0 Å². The standard InChI is InChI=1S/C17H33NO2S/c1-2-3-4-5-6-7-8-9-10-11-12-18-13-14-21-15-16(18)17(19)20/h16H,2-15H2,1H3,(H,19,20). The molecule has 1 atom stereocenters. The summed E-state index contributed by atoms with van der Waals surface area (Å²) in [5.74, 6) is 1.20. The van der Waals surface area contributed by atoms with E-state index in [9.17, 15) is 9.90 Å². The number of carbonyl (C=O) groups is 1. The first kappa shape index (κ1) is 18.8. The number of hydrogen-bond donors (Lipinski definition) is 1. The van der Waals surface area contributed by atoms with Gasteiger partial charge in [0.2, 0.25) is 0 Å². The molecule has 1 aliphatic rings. The Balaban J connectivity index is 1.94. The fraction of sp³-hybridized carbons (Fsp3) is 0.941. The summed E-state index contributed by atoms with van der Waals surface area (Å²) in [7, 11) is 0. The second-order valence-corrected chi connectivity index (χ2v) is 7.30. The number of hydrogen-bond acceptors (Lipinski definition) is 3. The van der Waals surface area contributed by atoms with Gasteiger partial charge in [-0.1, -0.05) is 64.7 Å². The van der Waals surface area contributed by atoms with Crippen molar-refractivity contribution in [1.82, 2.24) is 4.90 Å². The van der Waals surface area contributed by atoms with Gasteiger partial charge < -0.3 is 5.11 Å². The fourth-order valence-electron chi connectivity index (χ4n) is 2.94. The molecule has 124 valence electrons. The first-order chi connectivity index (χ1) is 10.3. The van der Waals surface area contributed by atoms with E-state index in [1.807, 2.05) is 0 Å². The van der Waals surface area contributed by atoms with Crippen molar-refractivity contribution in [1.29, 1.82) is 0 Å². The van der Waals surface area contributed by atoms with Crippen molar-refractivity contribution < 1.29 is 9.90 Å². The zero-order valence-corrected chi connectivity index (χ0v) is 14.5. The van der Waals surface area contributed by atoms with Gasteiger partial charge in [-0.25, -0.2) is 0 Å². The summed E-state index contributed by atoms with van der Waals surface area (Å²) in [4.78, 5) is 13.4. The van der Waals surface area contributed by atoms with Gasteiger partial charge in [0.05, 0.1) is 0 Å². The lowest BCUT2D eigenvalue weighted by atomic mass is 10.1. The van der Waals surface area contributed by atoms with Crippen molar-refractivity contribution in [2.45, 2.75) is 77.2 Å². The molecule has 1 rings (SSSR count). The van der Waals surface area contributed by atoms with Crippen LogP contribution in [-0.4, -0.2) is 46.6 Å². The Hall–Kier alpha value is -0.220. The number of nitrogens with zero attached hydrogens (tertiary/aromatic N) is 1. The first-order valence-electron chi connectivity index (χ1n) is 8.80. The van der Waals surface area contributed by atoms with Gasteiger partial charge in [0.15, 0.2) is 0 Å². The Labute approximate surface area is 134 Å². The molecule has 1 unspecified atom stereocenters. The molecule has 0 bridgehead atoms. The second kappa shape index (κ2) is 12.3. The summed E-state index contributed by atoms with van der Waals surface area (Å²) in [6.45, 7) is 4.17. The molecule has 4 heteroatoms. The Morgan fingerprint density at radius 3 is 2.19 bits per heavy atom. The molecule has 1 fully saturated rings. The molecule has 3 nitrogen and oxygen atoms in total. The largest absolute Gasteiger partial charge is 0.480 e. The first-order valence-corrected chi connectivity index (χ1v) is 9.95. The second-order valence-electron chi connectivity index (χ2n) is 6.15. The van der Waals surface area contributed by atoms with E-state index in [1.54, 1.807) is 11.8 Å². The Kier molecular flexibility index (Phi) is 11.1. The average molecular weight is 316 g/mol. The van der Waals surface area contributed by atoms with Crippen LogP contribution in [0, 0.1) is 0 Å². The SMILES string of the molecule is CCCCCCCCCCCCN1CCSCC1C(=O)O. The number of thioether (sulfide) groups is 1. The molecule has 1 heterocycles. The smallest absolute Gasteiger partial charge is 0.321 e. The summed E-state index contributed by atoms with van der Waals surface area (Å²) in [5, 5.41) is 9.22. The van der Waals surface area contributed by atoms with Crippen LogP contribution >= 0.6 is 11.8 Å². The average Bonchev–Trinajstić information content (AvgIpc) is 2.49. The quantitative estimate of drug-likeness (QED) is 0.542. The van der Waals surface area contributed by atoms with E-state index in [-0.39, 0.29) is 6.04 Å². The van der Waals surface area contributed by atoms with Crippen molar-refractivity contribution in [3.63, 3.8) is 0 Å². The highest BCUT2D eigenvalue weighted by molar-refractivity contribution is 7.99. The minimum atomic E-state index is -0.644. The molecule has 0 saturated carbocycles. The van der Waals surface area contributed by atoms with Crippen LogP contribution in [0.5, 0.6) is 0 Å². The molecule has 1 N–H and O–H groups in total. The molecule has 1 saturated heterocycles. The zero-order valence-electron chi connectivity index (χ0n) is 13.7. The van der Waals surface area contributed by atoms with Crippen molar-refractivity contribution in [3.05, 3.63) is 0 Å². The normalized spacial score (nSPS) is 19.8. The number of rotatable bonds is 12. The van der Waals surface area contributed by atoms with Crippen LogP contribution < -0.4 is 0 Å². The van der Waals surface area contributed by atoms with E-state index in [0.717, 1.165) is 31.0 Å². The molecule has 0 spiro atoms. The Morgan fingerprint density at radius 1 is 1.05 bits per heavy atom. The van der Waals surface area contributed by atoms with Gasteiger partial charge in [0, 0.05) is 18.1 Å². The van der Waals surface area contributed by atoms with Crippen molar-refractivity contribution >= 4 is 17.7 Å². The Morgan fingerprint density at radius 2 is 1.62 bits per heavy atom. The highest BCUT2D eigenvalue weighted by Crippen LogP contribution is 2.18. The molecule has 0 aliphatic carbocycles. The minimum absolute atomic E-state index is 0.248. The summed E-state index contributed by atoms with van der Waals surface area (Å²) < 4.78 is 0. The maximum absolute atomic E-state index is 11.2. The van der Waals surface area contributed by atoms with Gasteiger partial charge in [-0.05, 0) is 13.0 Å². The monoisotopic (exact) mass is 315 g/mol. The summed E-state index contributed by atoms with van der Waals surface area (Å²) >= 11 is 1.77. The lowest BCUT2D eigenvalue weighted by Gasteiger charge is -2.32. The van der Waals surface area contributed by atoms with E-state index in [0.29, 0.717) is 0 Å². The van der Waals surface area contributed by atoms with Crippen LogP contribution in [-0.2, 0) is 4.79 Å². The molecule has 0 aromatic carbocycles. The van der Waals surface area contributed by atoms with Crippen LogP contribution in [0.3, 0.4) is 0 Å². The van der Waals surface area contributed by atoms with Crippen molar-refractivity contribution in [2.75, 3.05) is 24.6 Å². The van der Waals surface area contributed by atoms with E-state index in [1.165, 1.54) is 57.8 Å². The van der Waals surface area contributed by atoms with Crippen LogP contribution in [0.25, 0.3) is 0 Å². The van der Waals surface area contributed by atoms with E-state index >= 15 is 0 Å². The highest BCUT2D eigenvalue weighted by Gasteiger charge is 2.27. The van der Waals surface area contributed by atoms with Crippen LogP contribution in [0.4, 0.5) is 0 Å². The van der Waals surface area contributed by atoms with E-state index in [4.69, 9.17) is 0 Å². The van der Waals surface area contributed by atoms with Crippen molar-refractivity contribution in [3.8, 4) is 0 Å². The lowest BCUT2D eigenvalue weighted by Crippen LogP contribution is -2.47. The van der Waals surface area contributed by atoms with Gasteiger partial charge in [-0.15, -0.1) is 0 Å². The molecule has 21 heavy (non-hydrogen) atoms. The summed E-state index contributed by atoms with van der Waals surface area (Å²) in [5.41, 5.74) is 0. The number of aliphatic carboxylic acids is 1. The van der Waals surface area contributed by atoms with Gasteiger partial charge in [0.1, 0.15) is 6.04 Å². The lowest BCUT2D eigenvalue weighted by molar-refractivity contribution is -0.142. The predicted molar refractivity (Wildman–Crippen MR) is 92.2 cm³/mol. The third-order valence-corrected chi connectivity index (χ3v) is 5.35. The summed E-state index contributed by atoms with van der Waals surface area (Å²) in [6.07, 6.45) is 13.4. The zero-order chi connectivity index (χ0) is 15.3. The van der Waals surface area contributed by atoms with Crippen LogP contribution in [0.15, 0.2) is 0 Å². The van der Waals surface area contributed by atoms with Gasteiger partial charge in [-0.3, -0.25) is 9.69 Å². The maximum Gasteiger partial charge on any atom is 0.321 e. The summed E-state index contributed by atoms with van der Waals surface area (Å²) in [6, 6.07) is -0.248. The maximum atomic E-state index is 11.2. The van der Waals surface area contributed by atoms with Gasteiger partial charge in [0.25, 0.3) is 0 Å². The molecular formula is C17H33NO2S. The third-order valence-electron chi connectivity index (χ3n) is 4.32.